The quantitative estimate of drug-likeness (QED) is 0.803. The topological polar surface area (TPSA) is 61.0 Å². The fourth-order valence-corrected chi connectivity index (χ4v) is 2.51. The van der Waals surface area contributed by atoms with E-state index in [1.165, 1.54) is 25.8 Å². The number of amides is 1. The second-order valence-electron chi connectivity index (χ2n) is 5.08. The van der Waals surface area contributed by atoms with Crippen LogP contribution in [0.5, 0.6) is 0 Å². The van der Waals surface area contributed by atoms with Gasteiger partial charge in [-0.2, -0.15) is 5.10 Å². The molecular weight excluding hydrogens is 216 g/mol. The average molecular weight is 234 g/mol. The van der Waals surface area contributed by atoms with Gasteiger partial charge >= 0.3 is 0 Å². The molecule has 1 aliphatic heterocycles. The highest BCUT2D eigenvalue weighted by Crippen LogP contribution is 2.31. The standard InChI is InChI=1S/C12H18N4O/c17-12(10-6-14-15-7-10)13-5-9-3-4-16(8-9)11-1-2-11/h6-7,9,11H,1-5,8H2,(H,13,17)(H,14,15). The first-order valence-corrected chi connectivity index (χ1v) is 6.34. The molecule has 1 amide bonds. The highest BCUT2D eigenvalue weighted by Gasteiger charge is 2.34. The Hall–Kier alpha value is -1.36. The van der Waals surface area contributed by atoms with Gasteiger partial charge in [-0.05, 0) is 31.7 Å². The van der Waals surface area contributed by atoms with Gasteiger partial charge < -0.3 is 10.2 Å². The Labute approximate surface area is 101 Å². The van der Waals surface area contributed by atoms with Crippen molar-refractivity contribution in [3.63, 3.8) is 0 Å². The summed E-state index contributed by atoms with van der Waals surface area (Å²) >= 11 is 0. The van der Waals surface area contributed by atoms with Gasteiger partial charge in [-0.15, -0.1) is 0 Å². The summed E-state index contributed by atoms with van der Waals surface area (Å²) in [6.45, 7) is 3.14. The zero-order valence-electron chi connectivity index (χ0n) is 9.85. The highest BCUT2D eigenvalue weighted by molar-refractivity contribution is 5.93. The lowest BCUT2D eigenvalue weighted by Crippen LogP contribution is -2.31. The van der Waals surface area contributed by atoms with Crippen LogP contribution in [0.1, 0.15) is 29.6 Å². The number of nitrogens with one attached hydrogen (secondary N) is 2. The third kappa shape index (κ3) is 2.49. The van der Waals surface area contributed by atoms with Crippen molar-refractivity contribution in [2.75, 3.05) is 19.6 Å². The molecule has 0 spiro atoms. The van der Waals surface area contributed by atoms with Crippen molar-refractivity contribution in [3.8, 4) is 0 Å². The Morgan fingerprint density at radius 2 is 2.41 bits per heavy atom. The molecular formula is C12H18N4O. The highest BCUT2D eigenvalue weighted by atomic mass is 16.1. The lowest BCUT2D eigenvalue weighted by molar-refractivity contribution is 0.0947. The SMILES string of the molecule is O=C(NCC1CCN(C2CC2)C1)c1cn[nH]c1. The van der Waals surface area contributed by atoms with Gasteiger partial charge in [0.2, 0.25) is 0 Å². The summed E-state index contributed by atoms with van der Waals surface area (Å²) in [6.07, 6.45) is 7.13. The summed E-state index contributed by atoms with van der Waals surface area (Å²) in [5, 5.41) is 9.40. The number of hydrogen-bond donors (Lipinski definition) is 2. The monoisotopic (exact) mass is 234 g/mol. The van der Waals surface area contributed by atoms with Crippen LogP contribution in [0.4, 0.5) is 0 Å². The van der Waals surface area contributed by atoms with Crippen LogP contribution in [0.25, 0.3) is 0 Å². The van der Waals surface area contributed by atoms with Crippen LogP contribution in [-0.2, 0) is 0 Å². The van der Waals surface area contributed by atoms with Crippen LogP contribution >= 0.6 is 0 Å². The van der Waals surface area contributed by atoms with Crippen molar-refractivity contribution in [2.24, 2.45) is 5.92 Å². The number of nitrogens with zero attached hydrogens (tertiary/aromatic N) is 2. The van der Waals surface area contributed by atoms with Crippen molar-refractivity contribution >= 4 is 5.91 Å². The molecule has 2 heterocycles. The maximum absolute atomic E-state index is 11.7. The molecule has 0 radical (unpaired) electrons. The fourth-order valence-electron chi connectivity index (χ4n) is 2.51. The normalized spacial score (nSPS) is 25.1. The fraction of sp³-hybridized carbons (Fsp3) is 0.667. The van der Waals surface area contributed by atoms with Gasteiger partial charge in [0, 0.05) is 25.3 Å². The lowest BCUT2D eigenvalue weighted by Gasteiger charge is -2.14. The van der Waals surface area contributed by atoms with E-state index in [-0.39, 0.29) is 5.91 Å². The number of hydrogen-bond acceptors (Lipinski definition) is 3. The molecule has 1 aromatic heterocycles. The minimum absolute atomic E-state index is 0.0244. The molecule has 0 bridgehead atoms. The van der Waals surface area contributed by atoms with Crippen molar-refractivity contribution in [1.29, 1.82) is 0 Å². The molecule has 1 saturated heterocycles. The molecule has 1 unspecified atom stereocenters. The van der Waals surface area contributed by atoms with Crippen LogP contribution < -0.4 is 5.32 Å². The van der Waals surface area contributed by atoms with E-state index in [2.05, 4.69) is 20.4 Å². The Bertz CT molecular complexity index is 385. The summed E-state index contributed by atoms with van der Waals surface area (Å²) in [4.78, 5) is 14.3. The molecule has 2 fully saturated rings. The smallest absolute Gasteiger partial charge is 0.254 e. The van der Waals surface area contributed by atoms with E-state index < -0.39 is 0 Å². The molecule has 92 valence electrons. The van der Waals surface area contributed by atoms with Gasteiger partial charge in [-0.3, -0.25) is 9.89 Å². The van der Waals surface area contributed by atoms with Gasteiger partial charge in [0.15, 0.2) is 0 Å². The lowest BCUT2D eigenvalue weighted by atomic mass is 10.1. The van der Waals surface area contributed by atoms with Crippen molar-refractivity contribution in [1.82, 2.24) is 20.4 Å². The molecule has 0 aromatic carbocycles. The summed E-state index contributed by atoms with van der Waals surface area (Å²) in [6, 6.07) is 0.851. The van der Waals surface area contributed by atoms with E-state index in [0.29, 0.717) is 11.5 Å². The predicted octanol–water partition coefficient (Wildman–Crippen LogP) is 0.624. The van der Waals surface area contributed by atoms with E-state index in [0.717, 1.165) is 19.1 Å². The van der Waals surface area contributed by atoms with Crippen molar-refractivity contribution in [2.45, 2.75) is 25.3 Å². The maximum atomic E-state index is 11.7. The van der Waals surface area contributed by atoms with Gasteiger partial charge in [0.1, 0.15) is 0 Å². The molecule has 1 aromatic rings. The molecule has 5 nitrogen and oxygen atoms in total. The zero-order valence-corrected chi connectivity index (χ0v) is 9.85. The Balaban J connectivity index is 1.44. The van der Waals surface area contributed by atoms with Gasteiger partial charge in [-0.1, -0.05) is 0 Å². The van der Waals surface area contributed by atoms with E-state index in [9.17, 15) is 4.79 Å². The third-order valence-electron chi connectivity index (χ3n) is 3.69. The number of rotatable bonds is 4. The number of carbonyl (C=O) groups excluding carboxylic acids is 1. The minimum atomic E-state index is -0.0244. The second-order valence-corrected chi connectivity index (χ2v) is 5.08. The minimum Gasteiger partial charge on any atom is -0.352 e. The Morgan fingerprint density at radius 1 is 1.53 bits per heavy atom. The second kappa shape index (κ2) is 4.49. The summed E-state index contributed by atoms with van der Waals surface area (Å²) in [5.41, 5.74) is 0.613. The zero-order chi connectivity index (χ0) is 11.7. The van der Waals surface area contributed by atoms with Gasteiger partial charge in [-0.25, -0.2) is 0 Å². The molecule has 2 N–H and O–H groups in total. The molecule has 17 heavy (non-hydrogen) atoms. The van der Waals surface area contributed by atoms with E-state index >= 15 is 0 Å². The number of aromatic nitrogens is 2. The van der Waals surface area contributed by atoms with Gasteiger partial charge in [0.05, 0.1) is 11.8 Å². The predicted molar refractivity (Wildman–Crippen MR) is 63.6 cm³/mol. The number of H-pyrrole nitrogens is 1. The first-order chi connectivity index (χ1) is 8.33. The Morgan fingerprint density at radius 3 is 3.12 bits per heavy atom. The summed E-state index contributed by atoms with van der Waals surface area (Å²) in [5.74, 6) is 0.593. The summed E-state index contributed by atoms with van der Waals surface area (Å²) in [7, 11) is 0. The average Bonchev–Trinajstić information content (AvgIpc) is 2.88. The molecule has 5 heteroatoms. The molecule has 3 rings (SSSR count). The molecule has 1 saturated carbocycles. The number of aromatic amines is 1. The number of likely N-dealkylation sites (tertiary alicyclic amines) is 1. The summed E-state index contributed by atoms with van der Waals surface area (Å²) < 4.78 is 0. The molecule has 1 aliphatic carbocycles. The van der Waals surface area contributed by atoms with Crippen LogP contribution in [0, 0.1) is 5.92 Å². The first-order valence-electron chi connectivity index (χ1n) is 6.34. The third-order valence-corrected chi connectivity index (χ3v) is 3.69. The van der Waals surface area contributed by atoms with Crippen LogP contribution in [0.3, 0.4) is 0 Å². The van der Waals surface area contributed by atoms with Crippen molar-refractivity contribution < 1.29 is 4.79 Å². The van der Waals surface area contributed by atoms with E-state index in [1.807, 2.05) is 0 Å². The number of carbonyl (C=O) groups is 1. The first kappa shape index (κ1) is 10.8. The van der Waals surface area contributed by atoms with Gasteiger partial charge in [0.25, 0.3) is 5.91 Å². The molecule has 2 aliphatic rings. The van der Waals surface area contributed by atoms with E-state index in [1.54, 1.807) is 12.4 Å². The van der Waals surface area contributed by atoms with Crippen LogP contribution in [0.15, 0.2) is 12.4 Å². The van der Waals surface area contributed by atoms with E-state index in [4.69, 9.17) is 0 Å². The van der Waals surface area contributed by atoms with Crippen LogP contribution in [-0.4, -0.2) is 46.7 Å². The Kier molecular flexibility index (Phi) is 2.84. The van der Waals surface area contributed by atoms with Crippen LogP contribution in [0.2, 0.25) is 0 Å². The maximum Gasteiger partial charge on any atom is 0.254 e. The van der Waals surface area contributed by atoms with Crippen molar-refractivity contribution in [3.05, 3.63) is 18.0 Å². The largest absolute Gasteiger partial charge is 0.352 e. The molecule has 1 atom stereocenters.